The summed E-state index contributed by atoms with van der Waals surface area (Å²) >= 11 is 0. The summed E-state index contributed by atoms with van der Waals surface area (Å²) in [5, 5.41) is 3.43. The first-order chi connectivity index (χ1) is 9.81. The van der Waals surface area contributed by atoms with Gasteiger partial charge in [-0.3, -0.25) is 0 Å². The normalized spacial score (nSPS) is 20.4. The molecule has 0 bridgehead atoms. The fraction of sp³-hybridized carbons (Fsp3) is 0.625. The molecular formula is C16H25NO3. The average Bonchev–Trinajstić information content (AvgIpc) is 2.50. The van der Waals surface area contributed by atoms with Gasteiger partial charge in [-0.1, -0.05) is 12.1 Å². The van der Waals surface area contributed by atoms with Crippen LogP contribution in [0.2, 0.25) is 0 Å². The van der Waals surface area contributed by atoms with Crippen LogP contribution in [-0.2, 0) is 4.74 Å². The lowest BCUT2D eigenvalue weighted by Crippen LogP contribution is -2.37. The maximum atomic E-state index is 6.11. The fourth-order valence-electron chi connectivity index (χ4n) is 2.48. The van der Waals surface area contributed by atoms with Crippen molar-refractivity contribution in [1.29, 1.82) is 0 Å². The van der Waals surface area contributed by atoms with E-state index in [1.165, 1.54) is 12.8 Å². The molecule has 2 atom stereocenters. The number of ether oxygens (including phenoxy) is 3. The van der Waals surface area contributed by atoms with E-state index >= 15 is 0 Å². The predicted molar refractivity (Wildman–Crippen MR) is 79.5 cm³/mol. The molecule has 0 spiro atoms. The molecule has 1 aliphatic rings. The highest BCUT2D eigenvalue weighted by Gasteiger charge is 2.22. The molecule has 1 N–H and O–H groups in total. The Morgan fingerprint density at radius 1 is 1.25 bits per heavy atom. The van der Waals surface area contributed by atoms with E-state index in [1.54, 1.807) is 7.11 Å². The summed E-state index contributed by atoms with van der Waals surface area (Å²) in [6, 6.07) is 7.85. The van der Waals surface area contributed by atoms with Gasteiger partial charge in [-0.15, -0.1) is 0 Å². The number of hydrogen-bond donors (Lipinski definition) is 1. The third-order valence-corrected chi connectivity index (χ3v) is 3.71. The molecule has 1 aromatic carbocycles. The Labute approximate surface area is 121 Å². The summed E-state index contributed by atoms with van der Waals surface area (Å²) in [7, 11) is 1.67. The molecule has 20 heavy (non-hydrogen) atoms. The van der Waals surface area contributed by atoms with Gasteiger partial charge in [-0.05, 0) is 38.4 Å². The van der Waals surface area contributed by atoms with Crippen molar-refractivity contribution in [2.24, 2.45) is 5.92 Å². The van der Waals surface area contributed by atoms with Crippen LogP contribution in [0.25, 0.3) is 0 Å². The number of benzene rings is 1. The van der Waals surface area contributed by atoms with Crippen LogP contribution < -0.4 is 14.8 Å². The van der Waals surface area contributed by atoms with Crippen molar-refractivity contribution in [2.45, 2.75) is 25.9 Å². The maximum Gasteiger partial charge on any atom is 0.161 e. The number of para-hydroxylation sites is 2. The molecule has 4 heteroatoms. The van der Waals surface area contributed by atoms with Gasteiger partial charge in [0.1, 0.15) is 12.7 Å². The lowest BCUT2D eigenvalue weighted by atomic mass is 9.94. The number of nitrogens with one attached hydrogen (secondary N) is 1. The number of hydrogen-bond acceptors (Lipinski definition) is 4. The highest BCUT2D eigenvalue weighted by Crippen LogP contribution is 2.29. The first-order valence-corrected chi connectivity index (χ1v) is 7.39. The van der Waals surface area contributed by atoms with Crippen molar-refractivity contribution < 1.29 is 14.2 Å². The van der Waals surface area contributed by atoms with Gasteiger partial charge in [0.25, 0.3) is 0 Å². The molecule has 0 amide bonds. The highest BCUT2D eigenvalue weighted by atomic mass is 16.5. The molecule has 0 saturated carbocycles. The van der Waals surface area contributed by atoms with Crippen molar-refractivity contribution in [3.8, 4) is 11.5 Å². The van der Waals surface area contributed by atoms with Crippen LogP contribution in [-0.4, -0.2) is 39.5 Å². The number of piperidine rings is 1. The van der Waals surface area contributed by atoms with Gasteiger partial charge in [0.15, 0.2) is 11.5 Å². The summed E-state index contributed by atoms with van der Waals surface area (Å²) in [6.45, 7) is 5.42. The lowest BCUT2D eigenvalue weighted by Gasteiger charge is -2.29. The zero-order valence-corrected chi connectivity index (χ0v) is 12.4. The second kappa shape index (κ2) is 8.12. The summed E-state index contributed by atoms with van der Waals surface area (Å²) in [5.41, 5.74) is 0. The average molecular weight is 279 g/mol. The van der Waals surface area contributed by atoms with E-state index in [1.807, 2.05) is 24.3 Å². The number of methoxy groups -OCH3 is 1. The Kier molecular flexibility index (Phi) is 6.15. The topological polar surface area (TPSA) is 39.7 Å². The smallest absolute Gasteiger partial charge is 0.161 e. The molecule has 0 aliphatic carbocycles. The van der Waals surface area contributed by atoms with Gasteiger partial charge >= 0.3 is 0 Å². The van der Waals surface area contributed by atoms with Crippen LogP contribution in [0.3, 0.4) is 0 Å². The van der Waals surface area contributed by atoms with Gasteiger partial charge < -0.3 is 19.5 Å². The van der Waals surface area contributed by atoms with E-state index < -0.39 is 0 Å². The maximum absolute atomic E-state index is 6.11. The van der Waals surface area contributed by atoms with Gasteiger partial charge in [0.05, 0.1) is 6.61 Å². The van der Waals surface area contributed by atoms with E-state index in [0.29, 0.717) is 19.1 Å². The van der Waals surface area contributed by atoms with Crippen molar-refractivity contribution >= 4 is 0 Å². The van der Waals surface area contributed by atoms with E-state index in [2.05, 4.69) is 12.2 Å². The predicted octanol–water partition coefficient (Wildman–Crippen LogP) is 2.48. The molecule has 112 valence electrons. The monoisotopic (exact) mass is 279 g/mol. The van der Waals surface area contributed by atoms with Crippen LogP contribution in [0.4, 0.5) is 0 Å². The molecule has 1 aromatic rings. The van der Waals surface area contributed by atoms with Crippen LogP contribution in [0, 0.1) is 5.92 Å². The summed E-state index contributed by atoms with van der Waals surface area (Å²) in [6.07, 6.45) is 2.64. The minimum Gasteiger partial charge on any atom is -0.487 e. The molecule has 2 rings (SSSR count). The minimum atomic E-state index is 0.190. The molecule has 4 nitrogen and oxygen atoms in total. The van der Waals surface area contributed by atoms with Crippen molar-refractivity contribution in [1.82, 2.24) is 5.32 Å². The van der Waals surface area contributed by atoms with Gasteiger partial charge in [-0.25, -0.2) is 0 Å². The van der Waals surface area contributed by atoms with E-state index in [9.17, 15) is 0 Å². The highest BCUT2D eigenvalue weighted by molar-refractivity contribution is 5.39. The zero-order valence-electron chi connectivity index (χ0n) is 12.4. The van der Waals surface area contributed by atoms with Crippen LogP contribution in [0.15, 0.2) is 24.3 Å². The zero-order chi connectivity index (χ0) is 14.2. The third kappa shape index (κ3) is 4.39. The molecular weight excluding hydrogens is 254 g/mol. The molecule has 0 aromatic heterocycles. The SMILES string of the molecule is COCCOc1ccccc1O[C@@H](C)[C@H]1CCCNC1. The summed E-state index contributed by atoms with van der Waals surface area (Å²) in [4.78, 5) is 0. The van der Waals surface area contributed by atoms with Crippen LogP contribution in [0.5, 0.6) is 11.5 Å². The van der Waals surface area contributed by atoms with Crippen molar-refractivity contribution in [3.63, 3.8) is 0 Å². The molecule has 0 unspecified atom stereocenters. The Bertz CT molecular complexity index is 391. The van der Waals surface area contributed by atoms with Gasteiger partial charge in [0, 0.05) is 19.6 Å². The second-order valence-corrected chi connectivity index (χ2v) is 5.22. The Balaban J connectivity index is 1.93. The van der Waals surface area contributed by atoms with Crippen molar-refractivity contribution in [2.75, 3.05) is 33.4 Å². The first-order valence-electron chi connectivity index (χ1n) is 7.39. The molecule has 1 aliphatic heterocycles. The Morgan fingerprint density at radius 2 is 2.05 bits per heavy atom. The Morgan fingerprint density at radius 3 is 2.75 bits per heavy atom. The van der Waals surface area contributed by atoms with Crippen molar-refractivity contribution in [3.05, 3.63) is 24.3 Å². The first kappa shape index (κ1) is 15.1. The van der Waals surface area contributed by atoms with Gasteiger partial charge in [-0.2, -0.15) is 0 Å². The van der Waals surface area contributed by atoms with Crippen LogP contribution in [0.1, 0.15) is 19.8 Å². The lowest BCUT2D eigenvalue weighted by molar-refractivity contribution is 0.117. The fourth-order valence-corrected chi connectivity index (χ4v) is 2.48. The second-order valence-electron chi connectivity index (χ2n) is 5.22. The van der Waals surface area contributed by atoms with E-state index in [0.717, 1.165) is 24.6 Å². The summed E-state index contributed by atoms with van der Waals surface area (Å²) in [5.74, 6) is 2.18. The molecule has 1 saturated heterocycles. The van der Waals surface area contributed by atoms with E-state index in [-0.39, 0.29) is 6.10 Å². The molecule has 1 heterocycles. The minimum absolute atomic E-state index is 0.190. The standard InChI is InChI=1S/C16H25NO3/c1-13(14-6-5-9-17-12-14)20-16-8-4-3-7-15(16)19-11-10-18-2/h3-4,7-8,13-14,17H,5-6,9-12H2,1-2H3/t13-,14-/m0/s1. The number of rotatable bonds is 7. The summed E-state index contributed by atoms with van der Waals surface area (Å²) < 4.78 is 16.8. The molecule has 1 fully saturated rings. The Hall–Kier alpha value is -1.26. The van der Waals surface area contributed by atoms with Gasteiger partial charge in [0.2, 0.25) is 0 Å². The quantitative estimate of drug-likeness (QED) is 0.778. The molecule has 0 radical (unpaired) electrons. The van der Waals surface area contributed by atoms with Crippen LogP contribution >= 0.6 is 0 Å². The van der Waals surface area contributed by atoms with E-state index in [4.69, 9.17) is 14.2 Å². The largest absolute Gasteiger partial charge is 0.487 e. The third-order valence-electron chi connectivity index (χ3n) is 3.71.